The van der Waals surface area contributed by atoms with Gasteiger partial charge in [0.1, 0.15) is 6.04 Å². The summed E-state index contributed by atoms with van der Waals surface area (Å²) in [4.78, 5) is 23.5. The van der Waals surface area contributed by atoms with E-state index in [1.54, 1.807) is 12.1 Å². The number of anilines is 1. The lowest BCUT2D eigenvalue weighted by Crippen LogP contribution is -2.32. The maximum absolute atomic E-state index is 12.6. The number of hydrogen-bond donors (Lipinski definition) is 2. The van der Waals surface area contributed by atoms with Crippen molar-refractivity contribution in [2.75, 3.05) is 5.32 Å². The highest BCUT2D eigenvalue weighted by atomic mass is 35.5. The van der Waals surface area contributed by atoms with Crippen LogP contribution in [-0.2, 0) is 9.59 Å². The van der Waals surface area contributed by atoms with Crippen LogP contribution in [0.3, 0.4) is 0 Å². The molecule has 0 aromatic heterocycles. The Bertz CT molecular complexity index is 727. The van der Waals surface area contributed by atoms with E-state index in [4.69, 9.17) is 23.2 Å². The number of nitrogens with one attached hydrogen (secondary N) is 2. The highest BCUT2D eigenvalue weighted by molar-refractivity contribution is 6.35. The number of carbonyl (C=O) groups excluding carboxylic acids is 2. The third kappa shape index (κ3) is 4.03. The SMILES string of the molecule is Cc1cccc(C)c1NC(=O)C(NC=O)c1ccc(Cl)cc1Cl. The molecule has 0 saturated carbocycles. The van der Waals surface area contributed by atoms with Crippen molar-refractivity contribution in [2.24, 2.45) is 0 Å². The summed E-state index contributed by atoms with van der Waals surface area (Å²) < 4.78 is 0. The van der Waals surface area contributed by atoms with E-state index in [0.717, 1.165) is 16.8 Å². The number of carbonyl (C=O) groups is 2. The van der Waals surface area contributed by atoms with Crippen molar-refractivity contribution in [3.63, 3.8) is 0 Å². The van der Waals surface area contributed by atoms with E-state index < -0.39 is 6.04 Å². The molecule has 0 spiro atoms. The van der Waals surface area contributed by atoms with Crippen molar-refractivity contribution >= 4 is 41.2 Å². The van der Waals surface area contributed by atoms with Crippen molar-refractivity contribution in [1.29, 1.82) is 0 Å². The van der Waals surface area contributed by atoms with E-state index >= 15 is 0 Å². The van der Waals surface area contributed by atoms with E-state index in [0.29, 0.717) is 22.0 Å². The van der Waals surface area contributed by atoms with Crippen molar-refractivity contribution < 1.29 is 9.59 Å². The molecule has 0 aliphatic carbocycles. The zero-order valence-electron chi connectivity index (χ0n) is 12.7. The fourth-order valence-corrected chi connectivity index (χ4v) is 2.83. The summed E-state index contributed by atoms with van der Waals surface area (Å²) in [5, 5.41) is 6.12. The third-order valence-corrected chi connectivity index (χ3v) is 4.06. The molecule has 0 radical (unpaired) electrons. The number of halogens is 2. The molecule has 2 N–H and O–H groups in total. The van der Waals surface area contributed by atoms with Gasteiger partial charge in [-0.25, -0.2) is 0 Å². The Morgan fingerprint density at radius 2 is 1.78 bits per heavy atom. The molecule has 1 unspecified atom stereocenters. The van der Waals surface area contributed by atoms with Gasteiger partial charge in [-0.1, -0.05) is 47.5 Å². The second-order valence-electron chi connectivity index (χ2n) is 5.14. The lowest BCUT2D eigenvalue weighted by Gasteiger charge is -2.19. The Morgan fingerprint density at radius 1 is 1.13 bits per heavy atom. The van der Waals surface area contributed by atoms with Crippen molar-refractivity contribution in [1.82, 2.24) is 5.32 Å². The number of para-hydroxylation sites is 1. The Hall–Kier alpha value is -2.04. The minimum Gasteiger partial charge on any atom is -0.343 e. The molecular formula is C17H16Cl2N2O2. The van der Waals surface area contributed by atoms with Gasteiger partial charge in [-0.15, -0.1) is 0 Å². The summed E-state index contributed by atoms with van der Waals surface area (Å²) >= 11 is 12.0. The van der Waals surface area contributed by atoms with Crippen molar-refractivity contribution in [3.05, 3.63) is 63.1 Å². The number of hydrogen-bond acceptors (Lipinski definition) is 2. The predicted octanol–water partition coefficient (Wildman–Crippen LogP) is 4.04. The molecule has 2 rings (SSSR count). The fraction of sp³-hybridized carbons (Fsp3) is 0.176. The number of rotatable bonds is 5. The molecule has 0 aliphatic heterocycles. The molecule has 0 fully saturated rings. The zero-order valence-corrected chi connectivity index (χ0v) is 14.2. The molecule has 120 valence electrons. The summed E-state index contributed by atoms with van der Waals surface area (Å²) in [5.41, 5.74) is 3.07. The Balaban J connectivity index is 2.34. The van der Waals surface area contributed by atoms with Crippen LogP contribution in [0, 0.1) is 13.8 Å². The van der Waals surface area contributed by atoms with Gasteiger partial charge >= 0.3 is 0 Å². The summed E-state index contributed by atoms with van der Waals surface area (Å²) in [5.74, 6) is -0.376. The van der Waals surface area contributed by atoms with E-state index in [-0.39, 0.29) is 5.91 Å². The average molecular weight is 351 g/mol. The summed E-state index contributed by atoms with van der Waals surface area (Å²) in [6, 6.07) is 9.59. The standard InChI is InChI=1S/C17H16Cl2N2O2/c1-10-4-3-5-11(2)15(10)21-17(23)16(20-9-22)13-7-6-12(18)8-14(13)19/h3-9,16H,1-2H3,(H,20,22)(H,21,23). The Kier molecular flexibility index (Phi) is 5.64. The molecule has 0 heterocycles. The molecular weight excluding hydrogens is 335 g/mol. The molecule has 2 aromatic carbocycles. The van der Waals surface area contributed by atoms with Crippen LogP contribution >= 0.6 is 23.2 Å². The third-order valence-electron chi connectivity index (χ3n) is 3.50. The minimum atomic E-state index is -0.906. The largest absolute Gasteiger partial charge is 0.343 e. The molecule has 23 heavy (non-hydrogen) atoms. The van der Waals surface area contributed by atoms with E-state index in [9.17, 15) is 9.59 Å². The van der Waals surface area contributed by atoms with Gasteiger partial charge in [0.15, 0.2) is 0 Å². The second-order valence-corrected chi connectivity index (χ2v) is 5.98. The van der Waals surface area contributed by atoms with Crippen molar-refractivity contribution in [2.45, 2.75) is 19.9 Å². The van der Waals surface area contributed by atoms with Crippen LogP contribution in [0.2, 0.25) is 10.0 Å². The second kappa shape index (κ2) is 7.49. The first-order valence-electron chi connectivity index (χ1n) is 6.95. The fourth-order valence-electron chi connectivity index (χ4n) is 2.32. The number of aryl methyl sites for hydroxylation is 2. The molecule has 2 amide bonds. The molecule has 0 saturated heterocycles. The van der Waals surface area contributed by atoms with Gasteiger partial charge in [-0.2, -0.15) is 0 Å². The summed E-state index contributed by atoms with van der Waals surface area (Å²) in [6.07, 6.45) is 0.472. The van der Waals surface area contributed by atoms with Crippen molar-refractivity contribution in [3.8, 4) is 0 Å². The van der Waals surface area contributed by atoms with E-state index in [1.807, 2.05) is 32.0 Å². The molecule has 4 nitrogen and oxygen atoms in total. The van der Waals surface area contributed by atoms with Crippen LogP contribution in [0.5, 0.6) is 0 Å². The Labute approximate surface area is 144 Å². The van der Waals surface area contributed by atoms with Crippen LogP contribution in [0.4, 0.5) is 5.69 Å². The monoisotopic (exact) mass is 350 g/mol. The molecule has 1 atom stereocenters. The van der Waals surface area contributed by atoms with Crippen LogP contribution in [0.1, 0.15) is 22.7 Å². The van der Waals surface area contributed by atoms with Crippen LogP contribution in [-0.4, -0.2) is 12.3 Å². The smallest absolute Gasteiger partial charge is 0.251 e. The van der Waals surface area contributed by atoms with Crippen LogP contribution in [0.15, 0.2) is 36.4 Å². The van der Waals surface area contributed by atoms with Crippen LogP contribution < -0.4 is 10.6 Å². The van der Waals surface area contributed by atoms with E-state index in [1.165, 1.54) is 6.07 Å². The van der Waals surface area contributed by atoms with Gasteiger partial charge in [0.2, 0.25) is 6.41 Å². The normalized spacial score (nSPS) is 11.7. The predicted molar refractivity (Wildman–Crippen MR) is 92.9 cm³/mol. The first-order chi connectivity index (χ1) is 10.9. The minimum absolute atomic E-state index is 0.313. The Morgan fingerprint density at radius 3 is 2.35 bits per heavy atom. The summed E-state index contributed by atoms with van der Waals surface area (Å²) in [7, 11) is 0. The molecule has 6 heteroatoms. The van der Waals surface area contributed by atoms with Gasteiger partial charge in [-0.05, 0) is 37.1 Å². The average Bonchev–Trinajstić information content (AvgIpc) is 2.49. The highest BCUT2D eigenvalue weighted by Gasteiger charge is 2.23. The number of benzene rings is 2. The zero-order chi connectivity index (χ0) is 17.0. The van der Waals surface area contributed by atoms with E-state index in [2.05, 4.69) is 10.6 Å². The van der Waals surface area contributed by atoms with Gasteiger partial charge in [0, 0.05) is 21.3 Å². The topological polar surface area (TPSA) is 58.2 Å². The molecule has 2 aromatic rings. The van der Waals surface area contributed by atoms with Gasteiger partial charge in [0.25, 0.3) is 5.91 Å². The maximum atomic E-state index is 12.6. The lowest BCUT2D eigenvalue weighted by atomic mass is 10.0. The van der Waals surface area contributed by atoms with Crippen LogP contribution in [0.25, 0.3) is 0 Å². The first kappa shape index (κ1) is 17.3. The van der Waals surface area contributed by atoms with Gasteiger partial charge < -0.3 is 10.6 Å². The first-order valence-corrected chi connectivity index (χ1v) is 7.71. The van der Waals surface area contributed by atoms with Gasteiger partial charge in [-0.3, -0.25) is 9.59 Å². The molecule has 0 bridgehead atoms. The maximum Gasteiger partial charge on any atom is 0.251 e. The lowest BCUT2D eigenvalue weighted by molar-refractivity contribution is -0.121. The highest BCUT2D eigenvalue weighted by Crippen LogP contribution is 2.28. The quantitative estimate of drug-likeness (QED) is 0.799. The van der Waals surface area contributed by atoms with Gasteiger partial charge in [0.05, 0.1) is 0 Å². The number of amides is 2. The summed E-state index contributed by atoms with van der Waals surface area (Å²) in [6.45, 7) is 3.81. The molecule has 0 aliphatic rings.